The molecule has 0 bridgehead atoms. The van der Waals surface area contributed by atoms with Crippen molar-refractivity contribution in [3.8, 4) is 0 Å². The summed E-state index contributed by atoms with van der Waals surface area (Å²) < 4.78 is 122. The normalized spacial score (nSPS) is 11.7. The molecule has 0 radical (unpaired) electrons. The second-order valence-electron chi connectivity index (χ2n) is 7.16. The molecule has 0 atom stereocenters. The van der Waals surface area contributed by atoms with Gasteiger partial charge in [-0.05, 0) is 42.0 Å². The van der Waals surface area contributed by atoms with Gasteiger partial charge in [0.1, 0.15) is 6.29 Å². The van der Waals surface area contributed by atoms with E-state index in [0.717, 1.165) is 24.3 Å². The zero-order valence-electron chi connectivity index (χ0n) is 20.0. The molecule has 0 aliphatic carbocycles. The molecule has 0 aliphatic rings. The second-order valence-corrected chi connectivity index (χ2v) is 12.8. The molecule has 0 unspecified atom stereocenters. The third-order valence-electron chi connectivity index (χ3n) is 3.95. The standard InChI is InChI=1S/C9H11NO8S2.C7H6O7S2.C2H5NO2/c11-9(12)5-10-4-6-1-7(19(13,14)15)3-8(2-6)20(16,17)18;8-4-5-1-6(15(9,10)11)3-7(2-5)16(12,13)14;3-1-2(4)5/h1-3,10H,4-5H2,(H,11,12)(H,13,14,15)(H,16,17,18);1-4H,(H,9,10,11)(H,12,13,14);1,3H2,(H,4,5). The maximum Gasteiger partial charge on any atom is 0.317 e. The van der Waals surface area contributed by atoms with Crippen LogP contribution in [0.5, 0.6) is 0 Å². The molecule has 2 aromatic carbocycles. The Labute approximate surface area is 232 Å². The molecule has 0 aliphatic heterocycles. The second kappa shape index (κ2) is 15.0. The number of aliphatic carboxylic acids is 2. The van der Waals surface area contributed by atoms with Crippen molar-refractivity contribution in [3.63, 3.8) is 0 Å². The smallest absolute Gasteiger partial charge is 0.317 e. The summed E-state index contributed by atoms with van der Waals surface area (Å²) in [5, 5.41) is 18.4. The molecule has 19 nitrogen and oxygen atoms in total. The van der Waals surface area contributed by atoms with Crippen LogP contribution in [0.4, 0.5) is 0 Å². The Morgan fingerprint density at radius 1 is 0.659 bits per heavy atom. The SMILES string of the molecule is NCC(=O)O.O=C(O)CNCc1cc(S(=O)(=O)O)cc(S(=O)(=O)O)c1.O=Cc1cc(S(=O)(=O)O)cc(S(=O)(=O)O)c1. The molecule has 2 rings (SSSR count). The largest absolute Gasteiger partial charge is 0.480 e. The molecule has 230 valence electrons. The highest BCUT2D eigenvalue weighted by Crippen LogP contribution is 2.19. The van der Waals surface area contributed by atoms with Gasteiger partial charge in [0.25, 0.3) is 40.5 Å². The van der Waals surface area contributed by atoms with Gasteiger partial charge in [-0.1, -0.05) is 0 Å². The van der Waals surface area contributed by atoms with Gasteiger partial charge in [0.05, 0.1) is 32.7 Å². The van der Waals surface area contributed by atoms with E-state index in [2.05, 4.69) is 11.1 Å². The van der Waals surface area contributed by atoms with E-state index in [1.54, 1.807) is 0 Å². The number of benzene rings is 2. The summed E-state index contributed by atoms with van der Waals surface area (Å²) in [5.74, 6) is -2.13. The van der Waals surface area contributed by atoms with Crippen LogP contribution < -0.4 is 11.1 Å². The molecule has 9 N–H and O–H groups in total. The molecule has 0 spiro atoms. The molecule has 23 heteroatoms. The Morgan fingerprint density at radius 3 is 1.22 bits per heavy atom. The van der Waals surface area contributed by atoms with Crippen LogP contribution in [-0.2, 0) is 56.6 Å². The summed E-state index contributed by atoms with van der Waals surface area (Å²) in [4.78, 5) is 26.9. The van der Waals surface area contributed by atoms with Crippen molar-refractivity contribution < 1.29 is 76.5 Å². The number of aldehydes is 1. The first-order valence-electron chi connectivity index (χ1n) is 9.90. The first kappa shape index (κ1) is 37.6. The number of nitrogens with two attached hydrogens (primary N) is 1. The van der Waals surface area contributed by atoms with Gasteiger partial charge in [0.15, 0.2) is 0 Å². The maximum absolute atomic E-state index is 11.0. The van der Waals surface area contributed by atoms with Crippen molar-refractivity contribution in [1.29, 1.82) is 0 Å². The van der Waals surface area contributed by atoms with E-state index in [-0.39, 0.29) is 30.5 Å². The molecule has 0 saturated carbocycles. The van der Waals surface area contributed by atoms with Gasteiger partial charge >= 0.3 is 11.9 Å². The third kappa shape index (κ3) is 14.7. The fourth-order valence-electron chi connectivity index (χ4n) is 2.30. The quantitative estimate of drug-likeness (QED) is 0.104. The fraction of sp³-hybridized carbons (Fsp3) is 0.167. The fourth-order valence-corrected chi connectivity index (χ4v) is 4.73. The highest BCUT2D eigenvalue weighted by Gasteiger charge is 2.19. The monoisotopic (exact) mass is 666 g/mol. The van der Waals surface area contributed by atoms with E-state index in [1.165, 1.54) is 0 Å². The average molecular weight is 667 g/mol. The molecule has 0 heterocycles. The lowest BCUT2D eigenvalue weighted by Crippen LogP contribution is -2.22. The van der Waals surface area contributed by atoms with Crippen molar-refractivity contribution >= 4 is 58.7 Å². The summed E-state index contributed by atoms with van der Waals surface area (Å²) in [7, 11) is -18.6. The van der Waals surface area contributed by atoms with Gasteiger partial charge in [-0.2, -0.15) is 33.7 Å². The van der Waals surface area contributed by atoms with Crippen molar-refractivity contribution in [2.24, 2.45) is 5.73 Å². The number of hydrogen-bond donors (Lipinski definition) is 8. The number of carbonyl (C=O) groups is 3. The van der Waals surface area contributed by atoms with Crippen LogP contribution in [0.15, 0.2) is 56.0 Å². The minimum absolute atomic E-state index is 0.0639. The van der Waals surface area contributed by atoms with E-state index in [1.807, 2.05) is 0 Å². The predicted octanol–water partition coefficient (Wildman–Crippen LogP) is -1.62. The van der Waals surface area contributed by atoms with E-state index in [9.17, 15) is 48.1 Å². The van der Waals surface area contributed by atoms with Crippen molar-refractivity contribution in [1.82, 2.24) is 5.32 Å². The summed E-state index contributed by atoms with van der Waals surface area (Å²) in [5.41, 5.74) is 4.33. The van der Waals surface area contributed by atoms with Gasteiger partial charge in [-0.3, -0.25) is 32.6 Å². The maximum atomic E-state index is 11.0. The molecule has 2 aromatic rings. The summed E-state index contributed by atoms with van der Waals surface area (Å²) in [6, 6.07) is 4.59. The minimum atomic E-state index is -4.67. The molecule has 0 fully saturated rings. The zero-order chi connectivity index (χ0) is 32.4. The lowest BCUT2D eigenvalue weighted by molar-refractivity contribution is -0.136. The zero-order valence-corrected chi connectivity index (χ0v) is 23.3. The van der Waals surface area contributed by atoms with Crippen molar-refractivity contribution in [2.75, 3.05) is 13.1 Å². The lowest BCUT2D eigenvalue weighted by Gasteiger charge is -2.07. The van der Waals surface area contributed by atoms with E-state index in [4.69, 9.17) is 28.4 Å². The summed E-state index contributed by atoms with van der Waals surface area (Å²) in [6.45, 7) is -0.879. The van der Waals surface area contributed by atoms with E-state index < -0.39 is 78.5 Å². The van der Waals surface area contributed by atoms with Crippen LogP contribution in [0.25, 0.3) is 0 Å². The highest BCUT2D eigenvalue weighted by molar-refractivity contribution is 7.87. The number of nitrogens with one attached hydrogen (secondary N) is 1. The Balaban J connectivity index is 0.000000681. The number of rotatable bonds is 10. The third-order valence-corrected chi connectivity index (χ3v) is 7.28. The molecule has 0 saturated heterocycles. The lowest BCUT2D eigenvalue weighted by atomic mass is 10.2. The first-order chi connectivity index (χ1) is 18.4. The summed E-state index contributed by atoms with van der Waals surface area (Å²) >= 11 is 0. The van der Waals surface area contributed by atoms with E-state index in [0.29, 0.717) is 12.1 Å². The molecule has 0 aromatic heterocycles. The topological polar surface area (TPSA) is 347 Å². The number of carbonyl (C=O) groups excluding carboxylic acids is 1. The van der Waals surface area contributed by atoms with Gasteiger partial charge in [-0.25, -0.2) is 0 Å². The molecule has 41 heavy (non-hydrogen) atoms. The molecular formula is C18H22N2O17S4. The van der Waals surface area contributed by atoms with Gasteiger partial charge in [0.2, 0.25) is 0 Å². The van der Waals surface area contributed by atoms with Gasteiger partial charge in [0, 0.05) is 12.1 Å². The number of carboxylic acids is 2. The van der Waals surface area contributed by atoms with Crippen LogP contribution in [-0.4, -0.2) is 93.4 Å². The minimum Gasteiger partial charge on any atom is -0.480 e. The molecular weight excluding hydrogens is 644 g/mol. The van der Waals surface area contributed by atoms with Gasteiger partial charge < -0.3 is 21.3 Å². The van der Waals surface area contributed by atoms with Crippen LogP contribution in [0, 0.1) is 0 Å². The predicted molar refractivity (Wildman–Crippen MR) is 134 cm³/mol. The van der Waals surface area contributed by atoms with Crippen molar-refractivity contribution in [2.45, 2.75) is 26.1 Å². The Bertz CT molecular complexity index is 1620. The molecule has 0 amide bonds. The van der Waals surface area contributed by atoms with Crippen LogP contribution >= 0.6 is 0 Å². The number of carboxylic acid groups (broad SMARTS) is 2. The first-order valence-corrected chi connectivity index (χ1v) is 15.7. The van der Waals surface area contributed by atoms with E-state index >= 15 is 0 Å². The van der Waals surface area contributed by atoms with Gasteiger partial charge in [-0.15, -0.1) is 0 Å². The Kier molecular flexibility index (Phi) is 13.8. The van der Waals surface area contributed by atoms with Crippen LogP contribution in [0.2, 0.25) is 0 Å². The highest BCUT2D eigenvalue weighted by atomic mass is 32.2. The summed E-state index contributed by atoms with van der Waals surface area (Å²) in [6.07, 6.45) is 0.184. The van der Waals surface area contributed by atoms with Crippen LogP contribution in [0.3, 0.4) is 0 Å². The Hall–Kier alpha value is -3.39. The average Bonchev–Trinajstić information content (AvgIpc) is 2.82. The Morgan fingerprint density at radius 2 is 0.976 bits per heavy atom. The van der Waals surface area contributed by atoms with Crippen molar-refractivity contribution in [3.05, 3.63) is 47.5 Å². The van der Waals surface area contributed by atoms with Crippen LogP contribution in [0.1, 0.15) is 15.9 Å². The number of hydrogen-bond acceptors (Lipinski definition) is 13.